The Kier molecular flexibility index (Phi) is 5.14. The first-order valence-corrected chi connectivity index (χ1v) is 12.5. The Morgan fingerprint density at radius 3 is 2.22 bits per heavy atom. The van der Waals surface area contributed by atoms with E-state index in [1.54, 1.807) is 21.3 Å². The lowest BCUT2D eigenvalue weighted by molar-refractivity contribution is -0.0893. The molecule has 4 nitrogen and oxygen atoms in total. The highest BCUT2D eigenvalue weighted by atomic mass is 16.5. The number of hydrogen-bond acceptors (Lipinski definition) is 4. The summed E-state index contributed by atoms with van der Waals surface area (Å²) in [6, 6.07) is 31.0. The summed E-state index contributed by atoms with van der Waals surface area (Å²) in [7, 11) is 1.71. The lowest BCUT2D eigenvalue weighted by Gasteiger charge is -2.40. The highest BCUT2D eigenvalue weighted by Gasteiger charge is 2.51. The Balaban J connectivity index is 1.61. The minimum atomic E-state index is -1.03. The molecule has 1 unspecified atom stereocenters. The van der Waals surface area contributed by atoms with Crippen LogP contribution in [-0.4, -0.2) is 23.8 Å². The minimum absolute atomic E-state index is 0.620. The number of rotatable bonds is 4. The molecule has 0 amide bonds. The number of nitriles is 1. The summed E-state index contributed by atoms with van der Waals surface area (Å²) in [4.78, 5) is 0. The molecule has 0 saturated heterocycles. The molecule has 1 atom stereocenters. The van der Waals surface area contributed by atoms with Gasteiger partial charge in [0.15, 0.2) is 0 Å². The van der Waals surface area contributed by atoms with Crippen molar-refractivity contribution in [2.24, 2.45) is 0 Å². The molecule has 1 radical (unpaired) electrons. The lowest BCUT2D eigenvalue weighted by Crippen LogP contribution is -2.49. The van der Waals surface area contributed by atoms with Gasteiger partial charge in [-0.2, -0.15) is 5.26 Å². The molecule has 181 valence electrons. The zero-order chi connectivity index (χ0) is 26.0. The van der Waals surface area contributed by atoms with Crippen molar-refractivity contribution in [3.8, 4) is 28.7 Å². The Labute approximate surface area is 218 Å². The van der Waals surface area contributed by atoms with Crippen LogP contribution in [0.1, 0.15) is 55.5 Å². The Hall–Kier alpha value is -3.85. The van der Waals surface area contributed by atoms with Gasteiger partial charge < -0.3 is 14.5 Å². The average Bonchev–Trinajstić information content (AvgIpc) is 3.17. The molecular weight excluding hydrogens is 457 g/mol. The predicted octanol–water partition coefficient (Wildman–Crippen LogP) is 5.84. The Morgan fingerprint density at radius 2 is 1.46 bits per heavy atom. The number of nitrogens with zero attached hydrogens (tertiary/aromatic N) is 1. The molecule has 1 aliphatic carbocycles. The van der Waals surface area contributed by atoms with Crippen LogP contribution in [0.5, 0.6) is 11.5 Å². The third-order valence-corrected chi connectivity index (χ3v) is 8.06. The highest BCUT2D eigenvalue weighted by Crippen LogP contribution is 2.61. The fourth-order valence-corrected chi connectivity index (χ4v) is 5.42. The molecule has 2 aliphatic rings. The van der Waals surface area contributed by atoms with Crippen LogP contribution in [-0.2, 0) is 10.1 Å². The summed E-state index contributed by atoms with van der Waals surface area (Å²) in [6.07, 6.45) is 0. The first-order chi connectivity index (χ1) is 17.7. The van der Waals surface area contributed by atoms with Gasteiger partial charge in [0.1, 0.15) is 11.5 Å². The number of fused-ring (bicyclic) bond motifs is 9. The monoisotopic (exact) mass is 484 g/mol. The Bertz CT molecular complexity index is 1590. The second-order valence-corrected chi connectivity index (χ2v) is 10.8. The number of hydrogen-bond donors (Lipinski definition) is 1. The van der Waals surface area contributed by atoms with E-state index >= 15 is 0 Å². The lowest BCUT2D eigenvalue weighted by atomic mass is 9.65. The van der Waals surface area contributed by atoms with Crippen molar-refractivity contribution in [3.05, 3.63) is 113 Å². The third-order valence-electron chi connectivity index (χ3n) is 8.06. The van der Waals surface area contributed by atoms with Crippen LogP contribution in [0.4, 0.5) is 0 Å². The number of aliphatic hydroxyl groups is 1. The molecular formula is C32H27BNO3. The van der Waals surface area contributed by atoms with E-state index in [1.807, 2.05) is 56.3 Å². The second-order valence-electron chi connectivity index (χ2n) is 10.8. The predicted molar refractivity (Wildman–Crippen MR) is 145 cm³/mol. The van der Waals surface area contributed by atoms with Crippen molar-refractivity contribution in [2.75, 3.05) is 0 Å². The molecule has 6 rings (SSSR count). The minimum Gasteiger partial charge on any atom is -0.457 e. The molecule has 1 heterocycles. The van der Waals surface area contributed by atoms with Crippen LogP contribution in [0.2, 0.25) is 0 Å². The number of ether oxygens (including phenoxy) is 1. The van der Waals surface area contributed by atoms with Gasteiger partial charge >= 0.3 is 7.48 Å². The zero-order valence-electron chi connectivity index (χ0n) is 21.4. The topological polar surface area (TPSA) is 62.5 Å². The van der Waals surface area contributed by atoms with Crippen molar-refractivity contribution >= 4 is 12.9 Å². The van der Waals surface area contributed by atoms with E-state index in [2.05, 4.69) is 48.5 Å². The maximum atomic E-state index is 10.6. The van der Waals surface area contributed by atoms with Crippen molar-refractivity contribution in [1.82, 2.24) is 0 Å². The van der Waals surface area contributed by atoms with Crippen LogP contribution < -0.4 is 10.2 Å². The molecule has 1 aliphatic heterocycles. The number of para-hydroxylation sites is 1. The SMILES string of the molecule is CC(C)(O)C(C)(C)O[B]c1ccc2c(c1)C1(c3ccccc3O2)c2ccccc2-c2ccc(C#N)cc21. The van der Waals surface area contributed by atoms with Crippen LogP contribution in [0.3, 0.4) is 0 Å². The summed E-state index contributed by atoms with van der Waals surface area (Å²) in [6.45, 7) is 7.23. The third kappa shape index (κ3) is 3.37. The van der Waals surface area contributed by atoms with E-state index < -0.39 is 16.6 Å². The Morgan fingerprint density at radius 1 is 0.784 bits per heavy atom. The van der Waals surface area contributed by atoms with E-state index in [4.69, 9.17) is 9.39 Å². The van der Waals surface area contributed by atoms with Crippen molar-refractivity contribution in [2.45, 2.75) is 44.3 Å². The van der Waals surface area contributed by atoms with E-state index in [-0.39, 0.29) is 0 Å². The van der Waals surface area contributed by atoms with Crippen molar-refractivity contribution in [1.29, 1.82) is 5.26 Å². The van der Waals surface area contributed by atoms with Crippen LogP contribution in [0, 0.1) is 11.3 Å². The summed E-state index contributed by atoms with van der Waals surface area (Å²) < 4.78 is 12.6. The first-order valence-electron chi connectivity index (χ1n) is 12.5. The first kappa shape index (κ1) is 23.5. The normalized spacial score (nSPS) is 17.2. The maximum Gasteiger partial charge on any atom is 0.330 e. The van der Waals surface area contributed by atoms with Gasteiger partial charge in [0, 0.05) is 11.1 Å². The van der Waals surface area contributed by atoms with E-state index in [0.717, 1.165) is 50.3 Å². The summed E-state index contributed by atoms with van der Waals surface area (Å²) in [5, 5.41) is 20.4. The van der Waals surface area contributed by atoms with Gasteiger partial charge in [0.2, 0.25) is 0 Å². The molecule has 4 aromatic carbocycles. The zero-order valence-corrected chi connectivity index (χ0v) is 21.4. The molecule has 5 heteroatoms. The van der Waals surface area contributed by atoms with Gasteiger partial charge in [-0.05, 0) is 74.2 Å². The van der Waals surface area contributed by atoms with Crippen LogP contribution >= 0.6 is 0 Å². The van der Waals surface area contributed by atoms with E-state index in [0.29, 0.717) is 5.56 Å². The van der Waals surface area contributed by atoms with E-state index in [9.17, 15) is 10.4 Å². The van der Waals surface area contributed by atoms with Crippen molar-refractivity contribution < 1.29 is 14.5 Å². The van der Waals surface area contributed by atoms with Gasteiger partial charge in [-0.15, -0.1) is 0 Å². The van der Waals surface area contributed by atoms with Gasteiger partial charge in [-0.3, -0.25) is 0 Å². The van der Waals surface area contributed by atoms with Crippen LogP contribution in [0.25, 0.3) is 11.1 Å². The largest absolute Gasteiger partial charge is 0.457 e. The summed E-state index contributed by atoms with van der Waals surface area (Å²) in [5.74, 6) is 1.57. The van der Waals surface area contributed by atoms with Gasteiger partial charge in [0.05, 0.1) is 28.2 Å². The maximum absolute atomic E-state index is 10.6. The van der Waals surface area contributed by atoms with Gasteiger partial charge in [-0.25, -0.2) is 0 Å². The molecule has 0 aromatic heterocycles. The molecule has 4 aromatic rings. The molecule has 1 N–H and O–H groups in total. The molecule has 37 heavy (non-hydrogen) atoms. The van der Waals surface area contributed by atoms with Crippen molar-refractivity contribution in [3.63, 3.8) is 0 Å². The van der Waals surface area contributed by atoms with Crippen LogP contribution in [0.15, 0.2) is 84.9 Å². The molecule has 0 saturated carbocycles. The molecule has 0 bridgehead atoms. The summed E-state index contributed by atoms with van der Waals surface area (Å²) in [5.41, 5.74) is 5.53. The standard InChI is InChI=1S/C32H27BNO3/c1-30(2,35)31(3,4)37-33-21-14-16-29-27(18-21)32(25-11-7-8-12-28(25)36-29)24-10-6-5-9-22(24)23-15-13-20(19-34)17-26(23)32/h5-18,35H,1-4H3. The fourth-order valence-electron chi connectivity index (χ4n) is 5.42. The number of benzene rings is 4. The van der Waals surface area contributed by atoms with Gasteiger partial charge in [0.25, 0.3) is 0 Å². The fraction of sp³-hybridized carbons (Fsp3) is 0.219. The second kappa shape index (κ2) is 8.08. The molecule has 1 spiro atoms. The average molecular weight is 484 g/mol. The quantitative estimate of drug-likeness (QED) is 0.320. The smallest absolute Gasteiger partial charge is 0.330 e. The molecule has 0 fully saturated rings. The van der Waals surface area contributed by atoms with E-state index in [1.165, 1.54) is 0 Å². The highest BCUT2D eigenvalue weighted by molar-refractivity contribution is 6.47. The van der Waals surface area contributed by atoms with Gasteiger partial charge in [-0.1, -0.05) is 66.1 Å². The summed E-state index contributed by atoms with van der Waals surface area (Å²) >= 11 is 0.